The Labute approximate surface area is 132 Å². The quantitative estimate of drug-likeness (QED) is 0.827. The lowest BCUT2D eigenvalue weighted by Gasteiger charge is -2.16. The highest BCUT2D eigenvalue weighted by Crippen LogP contribution is 2.39. The van der Waals surface area contributed by atoms with Gasteiger partial charge in [0, 0.05) is 11.1 Å². The summed E-state index contributed by atoms with van der Waals surface area (Å²) >= 11 is 0. The van der Waals surface area contributed by atoms with Gasteiger partial charge in [-0.15, -0.1) is 0 Å². The van der Waals surface area contributed by atoms with Crippen LogP contribution in [-0.4, -0.2) is 27.5 Å². The monoisotopic (exact) mass is 317 g/mol. The lowest BCUT2D eigenvalue weighted by Crippen LogP contribution is -2.13. The molecule has 0 aliphatic heterocycles. The van der Waals surface area contributed by atoms with E-state index in [1.807, 2.05) is 30.3 Å². The highest BCUT2D eigenvalue weighted by molar-refractivity contribution is 5.74. The van der Waals surface area contributed by atoms with Crippen molar-refractivity contribution < 1.29 is 29.3 Å². The smallest absolute Gasteiger partial charge is 0.449 e. The number of aromatic nitrogens is 1. The van der Waals surface area contributed by atoms with Crippen LogP contribution in [0.25, 0.3) is 11.3 Å². The molecule has 0 unspecified atom stereocenters. The molecule has 0 amide bonds. The molecule has 0 saturated heterocycles. The van der Waals surface area contributed by atoms with Crippen molar-refractivity contribution in [1.82, 2.24) is 4.98 Å². The van der Waals surface area contributed by atoms with Crippen molar-refractivity contribution in [1.29, 1.82) is 0 Å². The maximum atomic E-state index is 11.0. The summed E-state index contributed by atoms with van der Waals surface area (Å²) in [6.45, 7) is 3.35. The number of carbonyl (C=O) groups is 2. The zero-order valence-corrected chi connectivity index (χ0v) is 12.6. The van der Waals surface area contributed by atoms with E-state index in [1.165, 1.54) is 0 Å². The summed E-state index contributed by atoms with van der Waals surface area (Å²) in [5, 5.41) is 17.8. The molecule has 2 aromatic rings. The molecule has 0 aliphatic carbocycles. The normalized spacial score (nSPS) is 10.2. The lowest BCUT2D eigenvalue weighted by molar-refractivity contribution is 0.132. The van der Waals surface area contributed by atoms with Crippen molar-refractivity contribution in [2.24, 2.45) is 0 Å². The van der Waals surface area contributed by atoms with Crippen molar-refractivity contribution in [3.63, 3.8) is 0 Å². The highest BCUT2D eigenvalue weighted by atomic mass is 16.7. The average molecular weight is 317 g/mol. The third kappa shape index (κ3) is 3.57. The summed E-state index contributed by atoms with van der Waals surface area (Å²) in [5.74, 6) is -0.356. The summed E-state index contributed by atoms with van der Waals surface area (Å²) in [7, 11) is 0. The molecule has 2 N–H and O–H groups in total. The summed E-state index contributed by atoms with van der Waals surface area (Å²) in [6.07, 6.45) is -2.78. The van der Waals surface area contributed by atoms with Crippen molar-refractivity contribution in [3.8, 4) is 22.8 Å². The van der Waals surface area contributed by atoms with E-state index in [2.05, 4.69) is 4.98 Å². The van der Waals surface area contributed by atoms with Gasteiger partial charge >= 0.3 is 12.3 Å². The van der Waals surface area contributed by atoms with Gasteiger partial charge in [0.25, 0.3) is 0 Å². The number of nitrogens with zero attached hydrogens (tertiary/aromatic N) is 1. The first-order chi connectivity index (χ1) is 10.9. The van der Waals surface area contributed by atoms with Crippen LogP contribution in [-0.2, 0) is 6.42 Å². The standard InChI is InChI=1S/C16H15NO6/c1-3-11-14(23-16(20)21)13(22-15(18)19)9(2)12(17-11)10-7-5-4-6-8-10/h4-8H,3H2,1-2H3,(H,18,19)(H,20,21). The molecular weight excluding hydrogens is 302 g/mol. The zero-order chi connectivity index (χ0) is 17.0. The molecule has 1 aromatic heterocycles. The molecule has 120 valence electrons. The molecule has 0 radical (unpaired) electrons. The molecule has 0 aliphatic rings. The second kappa shape index (κ2) is 6.78. The van der Waals surface area contributed by atoms with E-state index in [9.17, 15) is 9.59 Å². The van der Waals surface area contributed by atoms with Gasteiger partial charge in [-0.3, -0.25) is 0 Å². The SMILES string of the molecule is CCc1nc(-c2ccccc2)c(C)c(OC(=O)O)c1OC(=O)O. The van der Waals surface area contributed by atoms with E-state index in [0.29, 0.717) is 23.4 Å². The fourth-order valence-electron chi connectivity index (χ4n) is 2.20. The number of ether oxygens (including phenoxy) is 2. The molecule has 0 bridgehead atoms. The summed E-state index contributed by atoms with van der Waals surface area (Å²) in [5.41, 5.74) is 1.95. The van der Waals surface area contributed by atoms with Crippen LogP contribution in [0.15, 0.2) is 30.3 Å². The average Bonchev–Trinajstić information content (AvgIpc) is 2.51. The molecule has 0 saturated carbocycles. The van der Waals surface area contributed by atoms with E-state index in [4.69, 9.17) is 19.7 Å². The van der Waals surface area contributed by atoms with Crippen molar-refractivity contribution in [3.05, 3.63) is 41.6 Å². The van der Waals surface area contributed by atoms with Gasteiger partial charge in [0.05, 0.1) is 11.4 Å². The van der Waals surface area contributed by atoms with Crippen LogP contribution in [0.4, 0.5) is 9.59 Å². The van der Waals surface area contributed by atoms with Crippen molar-refractivity contribution in [2.45, 2.75) is 20.3 Å². The Hall–Kier alpha value is -3.09. The first-order valence-corrected chi connectivity index (χ1v) is 6.84. The van der Waals surface area contributed by atoms with Crippen molar-refractivity contribution >= 4 is 12.3 Å². The predicted octanol–water partition coefficient (Wildman–Crippen LogP) is 3.73. The molecule has 0 fully saturated rings. The summed E-state index contributed by atoms with van der Waals surface area (Å²) < 4.78 is 9.48. The Kier molecular flexibility index (Phi) is 4.80. The molecule has 23 heavy (non-hydrogen) atoms. The summed E-state index contributed by atoms with van der Waals surface area (Å²) in [4.78, 5) is 26.3. The van der Waals surface area contributed by atoms with E-state index in [-0.39, 0.29) is 11.5 Å². The topological polar surface area (TPSA) is 106 Å². The van der Waals surface area contributed by atoms with E-state index < -0.39 is 12.3 Å². The number of carboxylic acid groups (broad SMARTS) is 2. The molecular formula is C16H15NO6. The van der Waals surface area contributed by atoms with Gasteiger partial charge in [-0.1, -0.05) is 37.3 Å². The van der Waals surface area contributed by atoms with Gasteiger partial charge in [-0.2, -0.15) is 0 Å². The lowest BCUT2D eigenvalue weighted by atomic mass is 10.0. The van der Waals surface area contributed by atoms with Crippen LogP contribution in [0.5, 0.6) is 11.5 Å². The Balaban J connectivity index is 2.72. The molecule has 7 heteroatoms. The Morgan fingerprint density at radius 3 is 2.13 bits per heavy atom. The largest absolute Gasteiger partial charge is 0.511 e. The minimum Gasteiger partial charge on any atom is -0.449 e. The van der Waals surface area contributed by atoms with Gasteiger partial charge in [-0.25, -0.2) is 14.6 Å². The minimum atomic E-state index is -1.57. The molecule has 1 heterocycles. The molecule has 1 aromatic carbocycles. The van der Waals surface area contributed by atoms with Gasteiger partial charge in [0.1, 0.15) is 0 Å². The van der Waals surface area contributed by atoms with Crippen LogP contribution >= 0.6 is 0 Å². The van der Waals surface area contributed by atoms with Gasteiger partial charge in [0.15, 0.2) is 11.5 Å². The number of hydrogen-bond acceptors (Lipinski definition) is 5. The Morgan fingerprint density at radius 2 is 1.61 bits per heavy atom. The zero-order valence-electron chi connectivity index (χ0n) is 12.6. The first kappa shape index (κ1) is 16.3. The van der Waals surface area contributed by atoms with Crippen LogP contribution in [0.2, 0.25) is 0 Å². The molecule has 2 rings (SSSR count). The third-order valence-corrected chi connectivity index (χ3v) is 3.17. The van der Waals surface area contributed by atoms with E-state index in [1.54, 1.807) is 13.8 Å². The molecule has 7 nitrogen and oxygen atoms in total. The van der Waals surface area contributed by atoms with Gasteiger partial charge in [-0.05, 0) is 13.3 Å². The van der Waals surface area contributed by atoms with Crippen molar-refractivity contribution in [2.75, 3.05) is 0 Å². The second-order valence-electron chi connectivity index (χ2n) is 4.65. The Morgan fingerprint density at radius 1 is 1.04 bits per heavy atom. The van der Waals surface area contributed by atoms with Gasteiger partial charge in [0.2, 0.25) is 0 Å². The van der Waals surface area contributed by atoms with Crippen LogP contribution in [0.1, 0.15) is 18.2 Å². The summed E-state index contributed by atoms with van der Waals surface area (Å²) in [6, 6.07) is 9.12. The Bertz CT molecular complexity index is 742. The predicted molar refractivity (Wildman–Crippen MR) is 81.1 cm³/mol. The second-order valence-corrected chi connectivity index (χ2v) is 4.65. The fraction of sp³-hybridized carbons (Fsp3) is 0.188. The van der Waals surface area contributed by atoms with Crippen LogP contribution in [0.3, 0.4) is 0 Å². The number of rotatable bonds is 4. The fourth-order valence-corrected chi connectivity index (χ4v) is 2.20. The van der Waals surface area contributed by atoms with E-state index >= 15 is 0 Å². The third-order valence-electron chi connectivity index (χ3n) is 3.17. The van der Waals surface area contributed by atoms with Gasteiger partial charge < -0.3 is 19.7 Å². The first-order valence-electron chi connectivity index (χ1n) is 6.84. The molecule has 0 atom stereocenters. The number of hydrogen-bond donors (Lipinski definition) is 2. The highest BCUT2D eigenvalue weighted by Gasteiger charge is 2.24. The number of pyridine rings is 1. The molecule has 0 spiro atoms. The maximum absolute atomic E-state index is 11.0. The van der Waals surface area contributed by atoms with Crippen LogP contribution < -0.4 is 9.47 Å². The van der Waals surface area contributed by atoms with Crippen LogP contribution in [0, 0.1) is 6.92 Å². The number of aryl methyl sites for hydroxylation is 1. The minimum absolute atomic E-state index is 0.161. The van der Waals surface area contributed by atoms with E-state index in [0.717, 1.165) is 5.56 Å². The number of benzene rings is 1. The maximum Gasteiger partial charge on any atom is 0.511 e.